The van der Waals surface area contributed by atoms with Gasteiger partial charge in [-0.2, -0.15) is 0 Å². The lowest BCUT2D eigenvalue weighted by Crippen LogP contribution is -2.14. The standard InChI is InChI=1S/C9H12BrNO2/c1-13-9-3-2-8(10)4-7(9)5-11-6-12/h2-4,11-12H,5-6H2,1H3. The molecule has 0 radical (unpaired) electrons. The van der Waals surface area contributed by atoms with Gasteiger partial charge in [-0.3, -0.25) is 5.32 Å². The van der Waals surface area contributed by atoms with Gasteiger partial charge >= 0.3 is 0 Å². The van der Waals surface area contributed by atoms with Crippen molar-refractivity contribution in [1.29, 1.82) is 0 Å². The molecule has 0 amide bonds. The summed E-state index contributed by atoms with van der Waals surface area (Å²) in [6.07, 6.45) is 0. The fourth-order valence-corrected chi connectivity index (χ4v) is 1.48. The predicted molar refractivity (Wildman–Crippen MR) is 54.6 cm³/mol. The van der Waals surface area contributed by atoms with Crippen molar-refractivity contribution in [2.75, 3.05) is 13.8 Å². The first-order valence-electron chi connectivity index (χ1n) is 3.92. The zero-order valence-electron chi connectivity index (χ0n) is 7.38. The second-order valence-corrected chi connectivity index (χ2v) is 3.46. The van der Waals surface area contributed by atoms with Crippen molar-refractivity contribution in [3.63, 3.8) is 0 Å². The summed E-state index contributed by atoms with van der Waals surface area (Å²) in [5.74, 6) is 0.823. The number of halogens is 1. The lowest BCUT2D eigenvalue weighted by molar-refractivity contribution is 0.258. The van der Waals surface area contributed by atoms with Crippen LogP contribution in [0.25, 0.3) is 0 Å². The van der Waals surface area contributed by atoms with E-state index < -0.39 is 0 Å². The highest BCUT2D eigenvalue weighted by Crippen LogP contribution is 2.22. The van der Waals surface area contributed by atoms with Gasteiger partial charge < -0.3 is 9.84 Å². The number of aliphatic hydroxyl groups excluding tert-OH is 1. The van der Waals surface area contributed by atoms with Gasteiger partial charge in [0.1, 0.15) is 5.75 Å². The highest BCUT2D eigenvalue weighted by molar-refractivity contribution is 9.10. The number of rotatable bonds is 4. The molecule has 1 aromatic carbocycles. The van der Waals surface area contributed by atoms with Gasteiger partial charge in [-0.25, -0.2) is 0 Å². The van der Waals surface area contributed by atoms with E-state index in [1.807, 2.05) is 18.2 Å². The van der Waals surface area contributed by atoms with E-state index in [2.05, 4.69) is 21.2 Å². The highest BCUT2D eigenvalue weighted by atomic mass is 79.9. The van der Waals surface area contributed by atoms with Crippen molar-refractivity contribution in [3.8, 4) is 5.75 Å². The van der Waals surface area contributed by atoms with Crippen molar-refractivity contribution >= 4 is 15.9 Å². The van der Waals surface area contributed by atoms with Crippen molar-refractivity contribution in [2.45, 2.75) is 6.54 Å². The molecule has 0 saturated carbocycles. The average molecular weight is 246 g/mol. The van der Waals surface area contributed by atoms with Crippen LogP contribution in [-0.4, -0.2) is 18.9 Å². The third kappa shape index (κ3) is 2.99. The molecule has 0 spiro atoms. The Morgan fingerprint density at radius 3 is 2.92 bits per heavy atom. The highest BCUT2D eigenvalue weighted by Gasteiger charge is 2.02. The Hall–Kier alpha value is -0.580. The van der Waals surface area contributed by atoms with Crippen LogP contribution in [0.2, 0.25) is 0 Å². The van der Waals surface area contributed by atoms with E-state index in [0.29, 0.717) is 6.54 Å². The van der Waals surface area contributed by atoms with Crippen LogP contribution in [0.4, 0.5) is 0 Å². The maximum Gasteiger partial charge on any atom is 0.123 e. The summed E-state index contributed by atoms with van der Waals surface area (Å²) in [6.45, 7) is 0.564. The minimum Gasteiger partial charge on any atom is -0.496 e. The lowest BCUT2D eigenvalue weighted by Gasteiger charge is -2.08. The van der Waals surface area contributed by atoms with Crippen LogP contribution in [0, 0.1) is 0 Å². The number of ether oxygens (including phenoxy) is 1. The number of aliphatic hydroxyl groups is 1. The van der Waals surface area contributed by atoms with Gasteiger partial charge in [0.05, 0.1) is 13.8 Å². The monoisotopic (exact) mass is 245 g/mol. The molecule has 0 aliphatic heterocycles. The summed E-state index contributed by atoms with van der Waals surface area (Å²) in [7, 11) is 1.63. The van der Waals surface area contributed by atoms with Crippen LogP contribution >= 0.6 is 15.9 Å². The minimum absolute atomic E-state index is 0.0321. The molecule has 72 valence electrons. The smallest absolute Gasteiger partial charge is 0.123 e. The summed E-state index contributed by atoms with van der Waals surface area (Å²) in [5.41, 5.74) is 1.02. The van der Waals surface area contributed by atoms with E-state index >= 15 is 0 Å². The van der Waals surface area contributed by atoms with Gasteiger partial charge in [0.2, 0.25) is 0 Å². The van der Waals surface area contributed by atoms with Crippen LogP contribution in [0.1, 0.15) is 5.56 Å². The molecule has 4 heteroatoms. The molecule has 0 unspecified atom stereocenters. The zero-order chi connectivity index (χ0) is 9.68. The van der Waals surface area contributed by atoms with Gasteiger partial charge in [-0.05, 0) is 18.2 Å². The summed E-state index contributed by atoms with van der Waals surface area (Å²) in [6, 6.07) is 5.77. The van der Waals surface area contributed by atoms with E-state index in [0.717, 1.165) is 15.8 Å². The summed E-state index contributed by atoms with van der Waals surface area (Å²) >= 11 is 3.37. The molecule has 0 aliphatic carbocycles. The van der Waals surface area contributed by atoms with Crippen LogP contribution in [0.5, 0.6) is 5.75 Å². The Labute approximate surface area is 85.9 Å². The lowest BCUT2D eigenvalue weighted by atomic mass is 10.2. The number of benzene rings is 1. The molecule has 0 aliphatic rings. The summed E-state index contributed by atoms with van der Waals surface area (Å²) in [5, 5.41) is 11.4. The molecule has 0 heterocycles. The first-order chi connectivity index (χ1) is 6.27. The predicted octanol–water partition coefficient (Wildman–Crippen LogP) is 1.50. The van der Waals surface area contributed by atoms with Gasteiger partial charge in [0.15, 0.2) is 0 Å². The maximum absolute atomic E-state index is 8.60. The average Bonchev–Trinajstić information content (AvgIpc) is 2.15. The SMILES string of the molecule is COc1ccc(Br)cc1CNCO. The molecule has 3 nitrogen and oxygen atoms in total. The van der Waals surface area contributed by atoms with Crippen molar-refractivity contribution in [3.05, 3.63) is 28.2 Å². The summed E-state index contributed by atoms with van der Waals surface area (Å²) in [4.78, 5) is 0. The van der Waals surface area contributed by atoms with Crippen LogP contribution < -0.4 is 10.1 Å². The molecule has 0 aromatic heterocycles. The Balaban J connectivity index is 2.81. The number of nitrogens with one attached hydrogen (secondary N) is 1. The van der Waals surface area contributed by atoms with Crippen molar-refractivity contribution in [2.24, 2.45) is 0 Å². The second-order valence-electron chi connectivity index (χ2n) is 2.54. The molecule has 0 fully saturated rings. The van der Waals surface area contributed by atoms with Gasteiger partial charge in [-0.15, -0.1) is 0 Å². The van der Waals surface area contributed by atoms with Gasteiger partial charge in [0, 0.05) is 16.6 Å². The molecular formula is C9H12BrNO2. The van der Waals surface area contributed by atoms with E-state index in [-0.39, 0.29) is 6.73 Å². The molecule has 1 aromatic rings. The third-order valence-electron chi connectivity index (χ3n) is 1.67. The van der Waals surface area contributed by atoms with Gasteiger partial charge in [-0.1, -0.05) is 15.9 Å². The van der Waals surface area contributed by atoms with Crippen molar-refractivity contribution < 1.29 is 9.84 Å². The molecule has 0 saturated heterocycles. The number of hydrogen-bond acceptors (Lipinski definition) is 3. The van der Waals surface area contributed by atoms with E-state index in [4.69, 9.17) is 9.84 Å². The fraction of sp³-hybridized carbons (Fsp3) is 0.333. The molecule has 0 atom stereocenters. The first-order valence-corrected chi connectivity index (χ1v) is 4.71. The van der Waals surface area contributed by atoms with E-state index in [1.54, 1.807) is 7.11 Å². The van der Waals surface area contributed by atoms with Gasteiger partial charge in [0.25, 0.3) is 0 Å². The fourth-order valence-electron chi connectivity index (χ4n) is 1.08. The van der Waals surface area contributed by atoms with Crippen LogP contribution in [-0.2, 0) is 6.54 Å². The molecule has 2 N–H and O–H groups in total. The second kappa shape index (κ2) is 5.21. The minimum atomic E-state index is -0.0321. The number of hydrogen-bond donors (Lipinski definition) is 2. The van der Waals surface area contributed by atoms with Crippen LogP contribution in [0.15, 0.2) is 22.7 Å². The third-order valence-corrected chi connectivity index (χ3v) is 2.16. The Kier molecular flexibility index (Phi) is 4.21. The van der Waals surface area contributed by atoms with E-state index in [1.165, 1.54) is 0 Å². The topological polar surface area (TPSA) is 41.5 Å². The maximum atomic E-state index is 8.60. The van der Waals surface area contributed by atoms with Crippen LogP contribution in [0.3, 0.4) is 0 Å². The Morgan fingerprint density at radius 1 is 1.54 bits per heavy atom. The molecule has 13 heavy (non-hydrogen) atoms. The first kappa shape index (κ1) is 10.5. The molecule has 0 bridgehead atoms. The number of methoxy groups -OCH3 is 1. The summed E-state index contributed by atoms with van der Waals surface area (Å²) < 4.78 is 6.16. The Morgan fingerprint density at radius 2 is 2.31 bits per heavy atom. The largest absolute Gasteiger partial charge is 0.496 e. The van der Waals surface area contributed by atoms with E-state index in [9.17, 15) is 0 Å². The normalized spacial score (nSPS) is 10.1. The van der Waals surface area contributed by atoms with Crippen molar-refractivity contribution in [1.82, 2.24) is 5.32 Å². The Bertz CT molecular complexity index is 278. The molecular weight excluding hydrogens is 234 g/mol. The quantitative estimate of drug-likeness (QED) is 0.791. The zero-order valence-corrected chi connectivity index (χ0v) is 8.97. The molecule has 1 rings (SSSR count).